The molecule has 0 bridgehead atoms. The second-order valence-corrected chi connectivity index (χ2v) is 8.97. The van der Waals surface area contributed by atoms with Crippen LogP contribution in [0, 0.1) is 0 Å². The summed E-state index contributed by atoms with van der Waals surface area (Å²) in [6.45, 7) is 0. The molecule has 0 aliphatic heterocycles. The summed E-state index contributed by atoms with van der Waals surface area (Å²) in [7, 11) is 0. The molecular formula is C24H16BrNS. The fourth-order valence-corrected chi connectivity index (χ4v) is 6.22. The summed E-state index contributed by atoms with van der Waals surface area (Å²) in [6, 6.07) is 20.2. The Bertz CT molecular complexity index is 1420. The van der Waals surface area contributed by atoms with Crippen LogP contribution < -0.4 is 0 Å². The Morgan fingerprint density at radius 1 is 0.926 bits per heavy atom. The van der Waals surface area contributed by atoms with E-state index in [1.165, 1.54) is 46.5 Å². The van der Waals surface area contributed by atoms with Crippen LogP contribution in [0.15, 0.2) is 83.4 Å². The molecule has 1 atom stereocenters. The van der Waals surface area contributed by atoms with Gasteiger partial charge in [0.25, 0.3) is 0 Å². The first kappa shape index (κ1) is 15.7. The average Bonchev–Trinajstić information content (AvgIpc) is 3.25. The smallest absolute Gasteiger partial charge is 0.0592 e. The van der Waals surface area contributed by atoms with Crippen molar-refractivity contribution < 1.29 is 0 Å². The lowest BCUT2D eigenvalue weighted by atomic mass is 10.1. The Morgan fingerprint density at radius 3 is 2.59 bits per heavy atom. The molecule has 0 saturated heterocycles. The fourth-order valence-electron chi connectivity index (χ4n) is 4.43. The largest absolute Gasteiger partial charge is 0.333 e. The molecule has 130 valence electrons. The van der Waals surface area contributed by atoms with Crippen molar-refractivity contribution in [1.29, 1.82) is 0 Å². The van der Waals surface area contributed by atoms with Crippen LogP contribution in [0.1, 0.15) is 12.5 Å². The monoisotopic (exact) mass is 429 g/mol. The minimum atomic E-state index is 0.348. The molecule has 0 spiro atoms. The van der Waals surface area contributed by atoms with E-state index in [9.17, 15) is 0 Å². The maximum atomic E-state index is 3.86. The van der Waals surface area contributed by atoms with Crippen LogP contribution in [0.2, 0.25) is 0 Å². The highest BCUT2D eigenvalue weighted by Crippen LogP contribution is 2.46. The highest BCUT2D eigenvalue weighted by Gasteiger charge is 2.22. The summed E-state index contributed by atoms with van der Waals surface area (Å²) >= 11 is 5.74. The Morgan fingerprint density at radius 2 is 1.74 bits per heavy atom. The maximum Gasteiger partial charge on any atom is 0.0592 e. The SMILES string of the molecule is Brc1cc2c3ccccc3n(C3C=CC=CC3)c2c2c1sc1ccccc12. The lowest BCUT2D eigenvalue weighted by Crippen LogP contribution is -2.06. The normalized spacial score (nSPS) is 17.0. The first-order valence-electron chi connectivity index (χ1n) is 9.18. The van der Waals surface area contributed by atoms with Crippen LogP contribution in [0.5, 0.6) is 0 Å². The number of rotatable bonds is 1. The molecule has 3 heteroatoms. The molecule has 1 unspecified atom stereocenters. The van der Waals surface area contributed by atoms with Crippen LogP contribution >= 0.6 is 27.3 Å². The third kappa shape index (κ3) is 2.16. The van der Waals surface area contributed by atoms with E-state index in [0.717, 1.165) is 6.42 Å². The zero-order chi connectivity index (χ0) is 18.0. The van der Waals surface area contributed by atoms with E-state index in [1.807, 2.05) is 11.3 Å². The number of nitrogens with zero attached hydrogens (tertiary/aromatic N) is 1. The molecule has 1 aliphatic rings. The molecule has 3 aromatic carbocycles. The van der Waals surface area contributed by atoms with Gasteiger partial charge in [0.1, 0.15) is 0 Å². The van der Waals surface area contributed by atoms with E-state index < -0.39 is 0 Å². The van der Waals surface area contributed by atoms with Gasteiger partial charge in [0.05, 0.1) is 16.3 Å². The lowest BCUT2D eigenvalue weighted by Gasteiger charge is -2.19. The second-order valence-electron chi connectivity index (χ2n) is 7.06. The Hall–Kier alpha value is -2.36. The number of benzene rings is 3. The Labute approximate surface area is 169 Å². The highest BCUT2D eigenvalue weighted by atomic mass is 79.9. The van der Waals surface area contributed by atoms with Crippen LogP contribution in [0.4, 0.5) is 0 Å². The van der Waals surface area contributed by atoms with Gasteiger partial charge >= 0.3 is 0 Å². The molecule has 5 aromatic rings. The Balaban J connectivity index is 1.91. The Kier molecular flexibility index (Phi) is 3.38. The minimum Gasteiger partial charge on any atom is -0.333 e. The fraction of sp³-hybridized carbons (Fsp3) is 0.0833. The summed E-state index contributed by atoms with van der Waals surface area (Å²) in [6.07, 6.45) is 9.96. The molecule has 2 heterocycles. The topological polar surface area (TPSA) is 4.93 Å². The summed E-state index contributed by atoms with van der Waals surface area (Å²) < 4.78 is 6.42. The standard InChI is InChI=1S/C24H16BrNS/c25-19-14-18-16-10-4-6-12-20(16)26(15-8-2-1-3-9-15)23(18)22-17-11-5-7-13-21(17)27-24(19)22/h1-8,10-15H,9H2. The van der Waals surface area contributed by atoms with E-state index in [-0.39, 0.29) is 0 Å². The van der Waals surface area contributed by atoms with E-state index in [2.05, 4.69) is 99.4 Å². The summed E-state index contributed by atoms with van der Waals surface area (Å²) in [5.41, 5.74) is 2.67. The van der Waals surface area contributed by atoms with Crippen molar-refractivity contribution in [3.05, 3.63) is 83.4 Å². The van der Waals surface area contributed by atoms with Gasteiger partial charge in [-0.15, -0.1) is 11.3 Å². The highest BCUT2D eigenvalue weighted by molar-refractivity contribution is 9.10. The van der Waals surface area contributed by atoms with E-state index in [1.54, 1.807) is 0 Å². The van der Waals surface area contributed by atoms with Gasteiger partial charge in [0.2, 0.25) is 0 Å². The molecule has 27 heavy (non-hydrogen) atoms. The number of para-hydroxylation sites is 1. The van der Waals surface area contributed by atoms with Crippen molar-refractivity contribution in [3.8, 4) is 0 Å². The molecule has 1 aliphatic carbocycles. The van der Waals surface area contributed by atoms with Crippen molar-refractivity contribution >= 4 is 69.2 Å². The zero-order valence-electron chi connectivity index (χ0n) is 14.5. The van der Waals surface area contributed by atoms with Gasteiger partial charge in [-0.3, -0.25) is 0 Å². The zero-order valence-corrected chi connectivity index (χ0v) is 16.9. The third-order valence-corrected chi connectivity index (χ3v) is 7.65. The lowest BCUT2D eigenvalue weighted by molar-refractivity contribution is 0.649. The van der Waals surface area contributed by atoms with E-state index in [0.29, 0.717) is 6.04 Å². The van der Waals surface area contributed by atoms with Gasteiger partial charge in [0, 0.05) is 36.2 Å². The van der Waals surface area contributed by atoms with Gasteiger partial charge in [-0.1, -0.05) is 60.7 Å². The molecule has 0 N–H and O–H groups in total. The number of hydrogen-bond donors (Lipinski definition) is 0. The number of fused-ring (bicyclic) bond motifs is 7. The quantitative estimate of drug-likeness (QED) is 0.254. The van der Waals surface area contributed by atoms with Crippen LogP contribution in [0.25, 0.3) is 42.0 Å². The molecule has 0 amide bonds. The van der Waals surface area contributed by atoms with Gasteiger partial charge < -0.3 is 4.57 Å². The van der Waals surface area contributed by atoms with E-state index in [4.69, 9.17) is 0 Å². The average molecular weight is 430 g/mol. The van der Waals surface area contributed by atoms with Crippen molar-refractivity contribution in [3.63, 3.8) is 0 Å². The summed E-state index contributed by atoms with van der Waals surface area (Å²) in [5, 5.41) is 5.38. The molecule has 0 fully saturated rings. The molecule has 0 saturated carbocycles. The first-order valence-corrected chi connectivity index (χ1v) is 10.8. The molecule has 6 rings (SSSR count). The number of thiophene rings is 1. The predicted molar refractivity (Wildman–Crippen MR) is 122 cm³/mol. The summed E-state index contributed by atoms with van der Waals surface area (Å²) in [4.78, 5) is 0. The van der Waals surface area contributed by atoms with Crippen molar-refractivity contribution in [2.75, 3.05) is 0 Å². The second kappa shape index (κ2) is 5.82. The number of hydrogen-bond acceptors (Lipinski definition) is 1. The first-order chi connectivity index (χ1) is 13.3. The van der Waals surface area contributed by atoms with Gasteiger partial charge in [-0.25, -0.2) is 0 Å². The minimum absolute atomic E-state index is 0.348. The predicted octanol–water partition coefficient (Wildman–Crippen LogP) is 7.98. The number of halogens is 1. The van der Waals surface area contributed by atoms with Crippen molar-refractivity contribution in [2.45, 2.75) is 12.5 Å². The van der Waals surface area contributed by atoms with Gasteiger partial charge in [-0.2, -0.15) is 0 Å². The van der Waals surface area contributed by atoms with Gasteiger partial charge in [0.15, 0.2) is 0 Å². The molecular weight excluding hydrogens is 414 g/mol. The number of allylic oxidation sites excluding steroid dienone is 4. The van der Waals surface area contributed by atoms with E-state index >= 15 is 0 Å². The van der Waals surface area contributed by atoms with Crippen molar-refractivity contribution in [2.24, 2.45) is 0 Å². The van der Waals surface area contributed by atoms with Crippen LogP contribution in [0.3, 0.4) is 0 Å². The van der Waals surface area contributed by atoms with Crippen LogP contribution in [-0.4, -0.2) is 4.57 Å². The molecule has 1 nitrogen and oxygen atoms in total. The van der Waals surface area contributed by atoms with Crippen LogP contribution in [-0.2, 0) is 0 Å². The summed E-state index contributed by atoms with van der Waals surface area (Å²) in [5.74, 6) is 0. The van der Waals surface area contributed by atoms with Crippen molar-refractivity contribution in [1.82, 2.24) is 4.57 Å². The molecule has 2 aromatic heterocycles. The third-order valence-electron chi connectivity index (χ3n) is 5.56. The maximum absolute atomic E-state index is 3.86. The molecule has 0 radical (unpaired) electrons. The van der Waals surface area contributed by atoms with Gasteiger partial charge in [-0.05, 0) is 40.5 Å². The number of aromatic nitrogens is 1.